The van der Waals surface area contributed by atoms with Crippen molar-refractivity contribution in [3.63, 3.8) is 0 Å². The maximum Gasteiger partial charge on any atom is 0.490 e. The summed E-state index contributed by atoms with van der Waals surface area (Å²) in [7, 11) is 0. The molecular weight excluding hydrogens is 165 g/mol. The summed E-state index contributed by atoms with van der Waals surface area (Å²) in [6.07, 6.45) is -5.08. The van der Waals surface area contributed by atoms with Crippen molar-refractivity contribution in [2.45, 2.75) is 6.18 Å². The molecule has 0 saturated heterocycles. The smallest absolute Gasteiger partial charge is 0.475 e. The lowest BCUT2D eigenvalue weighted by molar-refractivity contribution is -0.192. The molecule has 0 spiro atoms. The van der Waals surface area contributed by atoms with Crippen LogP contribution in [0.1, 0.15) is 0 Å². The third-order valence-corrected chi connectivity index (χ3v) is 0.409. The molecule has 5 N–H and O–H groups in total. The van der Waals surface area contributed by atoms with Crippen LogP contribution in [0, 0.1) is 0 Å². The summed E-state index contributed by atoms with van der Waals surface area (Å²) in [4.78, 5) is 8.90. The SMILES string of the molecule is NCCN.O=C(O)C(F)(F)F. The fraction of sp³-hybridized carbons (Fsp3) is 0.750. The molecule has 0 radical (unpaired) electrons. The Hall–Kier alpha value is -0.820. The Morgan fingerprint density at radius 3 is 1.45 bits per heavy atom. The third-order valence-electron chi connectivity index (χ3n) is 0.409. The Morgan fingerprint density at radius 2 is 1.45 bits per heavy atom. The van der Waals surface area contributed by atoms with Gasteiger partial charge in [0.15, 0.2) is 0 Å². The zero-order chi connectivity index (χ0) is 9.49. The maximum atomic E-state index is 10.6. The van der Waals surface area contributed by atoms with Gasteiger partial charge in [-0.25, -0.2) is 4.79 Å². The molecule has 0 rings (SSSR count). The Bertz CT molecular complexity index is 112. The van der Waals surface area contributed by atoms with Crippen molar-refractivity contribution >= 4 is 5.97 Å². The van der Waals surface area contributed by atoms with E-state index in [1.54, 1.807) is 0 Å². The van der Waals surface area contributed by atoms with Crippen LogP contribution in [0.2, 0.25) is 0 Å². The minimum Gasteiger partial charge on any atom is -0.475 e. The van der Waals surface area contributed by atoms with Crippen molar-refractivity contribution in [1.82, 2.24) is 0 Å². The number of hydrogen-bond acceptors (Lipinski definition) is 3. The first-order valence-corrected chi connectivity index (χ1v) is 2.56. The molecule has 0 aliphatic heterocycles. The van der Waals surface area contributed by atoms with Crippen molar-refractivity contribution in [1.29, 1.82) is 0 Å². The highest BCUT2D eigenvalue weighted by molar-refractivity contribution is 5.73. The van der Waals surface area contributed by atoms with Crippen LogP contribution in [-0.4, -0.2) is 30.3 Å². The lowest BCUT2D eigenvalue weighted by Crippen LogP contribution is -2.21. The predicted molar refractivity (Wildman–Crippen MR) is 31.8 cm³/mol. The number of halogens is 3. The van der Waals surface area contributed by atoms with Crippen molar-refractivity contribution < 1.29 is 23.1 Å². The standard InChI is InChI=1S/C2HF3O2.C2H8N2/c3-2(4,5)1(6)7;3-1-2-4/h(H,6,7);1-4H2. The van der Waals surface area contributed by atoms with Gasteiger partial charge >= 0.3 is 12.1 Å². The maximum absolute atomic E-state index is 10.6. The van der Waals surface area contributed by atoms with Gasteiger partial charge in [0.25, 0.3) is 0 Å². The van der Waals surface area contributed by atoms with E-state index in [-0.39, 0.29) is 0 Å². The van der Waals surface area contributed by atoms with Crippen LogP contribution >= 0.6 is 0 Å². The van der Waals surface area contributed by atoms with E-state index in [9.17, 15) is 13.2 Å². The Kier molecular flexibility index (Phi) is 6.91. The topological polar surface area (TPSA) is 89.3 Å². The summed E-state index contributed by atoms with van der Waals surface area (Å²) >= 11 is 0. The molecule has 0 fully saturated rings. The van der Waals surface area contributed by atoms with Crippen LogP contribution in [0.15, 0.2) is 0 Å². The fourth-order valence-electron chi connectivity index (χ4n) is 0. The van der Waals surface area contributed by atoms with Gasteiger partial charge in [-0.2, -0.15) is 13.2 Å². The minimum atomic E-state index is -5.08. The first-order valence-electron chi connectivity index (χ1n) is 2.56. The Morgan fingerprint density at radius 1 is 1.27 bits per heavy atom. The second kappa shape index (κ2) is 5.93. The van der Waals surface area contributed by atoms with Gasteiger partial charge in [-0.3, -0.25) is 0 Å². The van der Waals surface area contributed by atoms with E-state index >= 15 is 0 Å². The molecule has 0 unspecified atom stereocenters. The zero-order valence-corrected chi connectivity index (χ0v) is 5.56. The lowest BCUT2D eigenvalue weighted by Gasteiger charge is -1.93. The summed E-state index contributed by atoms with van der Waals surface area (Å²) in [5.41, 5.74) is 9.81. The van der Waals surface area contributed by atoms with Gasteiger partial charge in [0.1, 0.15) is 0 Å². The molecule has 0 aromatic rings. The Labute approximate surface area is 61.0 Å². The van der Waals surface area contributed by atoms with Crippen LogP contribution in [0.5, 0.6) is 0 Å². The Balaban J connectivity index is 0. The third kappa shape index (κ3) is 12.4. The second-order valence-corrected chi connectivity index (χ2v) is 1.38. The molecule has 4 nitrogen and oxygen atoms in total. The van der Waals surface area contributed by atoms with E-state index in [2.05, 4.69) is 0 Å². The number of rotatable bonds is 1. The van der Waals surface area contributed by atoms with Gasteiger partial charge in [0, 0.05) is 13.1 Å². The van der Waals surface area contributed by atoms with E-state index in [4.69, 9.17) is 21.4 Å². The first-order chi connectivity index (χ1) is 4.86. The number of carbonyl (C=O) groups is 1. The zero-order valence-electron chi connectivity index (χ0n) is 5.56. The van der Waals surface area contributed by atoms with E-state index < -0.39 is 12.1 Å². The molecule has 0 bridgehead atoms. The number of nitrogens with two attached hydrogens (primary N) is 2. The van der Waals surface area contributed by atoms with Gasteiger partial charge in [0.05, 0.1) is 0 Å². The summed E-state index contributed by atoms with van der Waals surface area (Å²) in [5, 5.41) is 7.12. The van der Waals surface area contributed by atoms with Crippen LogP contribution < -0.4 is 11.5 Å². The second-order valence-electron chi connectivity index (χ2n) is 1.38. The predicted octanol–water partition coefficient (Wildman–Crippen LogP) is -0.463. The van der Waals surface area contributed by atoms with Crippen LogP contribution in [0.3, 0.4) is 0 Å². The molecule has 7 heteroatoms. The molecule has 0 aliphatic rings. The molecule has 0 aromatic carbocycles. The van der Waals surface area contributed by atoms with E-state index in [1.165, 1.54) is 0 Å². The van der Waals surface area contributed by atoms with Gasteiger partial charge in [0.2, 0.25) is 0 Å². The summed E-state index contributed by atoms with van der Waals surface area (Å²) in [6, 6.07) is 0. The fourth-order valence-corrected chi connectivity index (χ4v) is 0. The number of hydrogen-bond donors (Lipinski definition) is 3. The van der Waals surface area contributed by atoms with Crippen LogP contribution in [0.4, 0.5) is 13.2 Å². The molecular formula is C4H9F3N2O2. The lowest BCUT2D eigenvalue weighted by atomic mass is 10.7. The van der Waals surface area contributed by atoms with Gasteiger partial charge in [-0.05, 0) is 0 Å². The van der Waals surface area contributed by atoms with Crippen LogP contribution in [-0.2, 0) is 4.79 Å². The number of carboxylic acids is 1. The molecule has 68 valence electrons. The largest absolute Gasteiger partial charge is 0.490 e. The first kappa shape index (κ1) is 12.8. The molecule has 0 aromatic heterocycles. The van der Waals surface area contributed by atoms with Crippen molar-refractivity contribution in [3.8, 4) is 0 Å². The van der Waals surface area contributed by atoms with Crippen molar-refractivity contribution in [2.75, 3.05) is 13.1 Å². The molecule has 11 heavy (non-hydrogen) atoms. The number of alkyl halides is 3. The van der Waals surface area contributed by atoms with E-state index in [0.29, 0.717) is 13.1 Å². The highest BCUT2D eigenvalue weighted by Crippen LogP contribution is 2.13. The summed E-state index contributed by atoms with van der Waals surface area (Å²) in [6.45, 7) is 1.19. The monoisotopic (exact) mass is 174 g/mol. The molecule has 0 heterocycles. The van der Waals surface area contributed by atoms with Crippen molar-refractivity contribution in [3.05, 3.63) is 0 Å². The average molecular weight is 174 g/mol. The minimum absolute atomic E-state index is 0.597. The van der Waals surface area contributed by atoms with Gasteiger partial charge in [-0.15, -0.1) is 0 Å². The summed E-state index contributed by atoms with van der Waals surface area (Å²) in [5.74, 6) is -2.76. The molecule has 0 atom stereocenters. The average Bonchev–Trinajstić information content (AvgIpc) is 1.87. The normalized spacial score (nSPS) is 9.91. The number of carboxylic acid groups (broad SMARTS) is 1. The van der Waals surface area contributed by atoms with E-state index in [0.717, 1.165) is 0 Å². The molecule has 0 amide bonds. The van der Waals surface area contributed by atoms with Crippen molar-refractivity contribution in [2.24, 2.45) is 11.5 Å². The molecule has 0 saturated carbocycles. The van der Waals surface area contributed by atoms with Gasteiger partial charge in [-0.1, -0.05) is 0 Å². The van der Waals surface area contributed by atoms with Gasteiger partial charge < -0.3 is 16.6 Å². The highest BCUT2D eigenvalue weighted by atomic mass is 19.4. The molecule has 0 aliphatic carbocycles. The van der Waals surface area contributed by atoms with Crippen LogP contribution in [0.25, 0.3) is 0 Å². The quantitative estimate of drug-likeness (QED) is 0.501. The van der Waals surface area contributed by atoms with E-state index in [1.807, 2.05) is 0 Å². The highest BCUT2D eigenvalue weighted by Gasteiger charge is 2.38. The summed E-state index contributed by atoms with van der Waals surface area (Å²) < 4.78 is 31.7. The number of aliphatic carboxylic acids is 1.